The lowest BCUT2D eigenvalue weighted by Gasteiger charge is -2.34. The Balaban J connectivity index is 1.58. The van der Waals surface area contributed by atoms with Gasteiger partial charge in [0.15, 0.2) is 17.1 Å². The zero-order chi connectivity index (χ0) is 26.0. The molecule has 5 N–H and O–H groups in total. The van der Waals surface area contributed by atoms with E-state index in [9.17, 15) is 9.18 Å². The van der Waals surface area contributed by atoms with Gasteiger partial charge in [0.1, 0.15) is 17.2 Å². The smallest absolute Gasteiger partial charge is 0.319 e. The summed E-state index contributed by atoms with van der Waals surface area (Å²) in [6.45, 7) is 2.78. The predicted octanol–water partition coefficient (Wildman–Crippen LogP) is 3.61. The summed E-state index contributed by atoms with van der Waals surface area (Å²) >= 11 is 7.63. The van der Waals surface area contributed by atoms with E-state index in [0.29, 0.717) is 24.3 Å². The van der Waals surface area contributed by atoms with Crippen LogP contribution in [0.1, 0.15) is 19.8 Å². The van der Waals surface area contributed by atoms with E-state index in [-0.39, 0.29) is 55.1 Å². The van der Waals surface area contributed by atoms with Crippen LogP contribution in [0.4, 0.5) is 19.7 Å². The van der Waals surface area contributed by atoms with Crippen LogP contribution in [0.2, 0.25) is 5.02 Å². The first-order valence-electron chi connectivity index (χ1n) is 11.7. The highest BCUT2D eigenvalue weighted by atomic mass is 35.5. The standard InChI is InChI=1S/C24H22ClF2N7O2S/c1-9(21(28)35)36-24-32-18-13(22(33-24)34-7-10-2-3-11(8-34)30-10)6-14(25)16(17(18)27)12-4-5-15(26)20-19(12)31-23(29)37-20/h4-6,9-11,30H,2-3,7-8H2,1H3,(H2,28,35)(H2,29,31)/t9-,10?,11?/m0/s1. The Kier molecular flexibility index (Phi) is 5.77. The molecule has 0 saturated carbocycles. The Hall–Kier alpha value is -3.35. The van der Waals surface area contributed by atoms with Crippen molar-refractivity contribution in [1.29, 1.82) is 0 Å². The Morgan fingerprint density at radius 1 is 1.22 bits per heavy atom. The van der Waals surface area contributed by atoms with Crippen molar-refractivity contribution in [2.24, 2.45) is 5.73 Å². The van der Waals surface area contributed by atoms with Gasteiger partial charge in [0.2, 0.25) is 0 Å². The minimum absolute atomic E-state index is 0.00315. The molecule has 0 aliphatic carbocycles. The van der Waals surface area contributed by atoms with Gasteiger partial charge in [-0.2, -0.15) is 9.97 Å². The van der Waals surface area contributed by atoms with E-state index >= 15 is 4.39 Å². The van der Waals surface area contributed by atoms with Gasteiger partial charge in [-0.3, -0.25) is 4.79 Å². The number of amides is 1. The van der Waals surface area contributed by atoms with Gasteiger partial charge in [-0.15, -0.1) is 0 Å². The Labute approximate surface area is 218 Å². The van der Waals surface area contributed by atoms with Gasteiger partial charge in [0.05, 0.1) is 15.2 Å². The first-order chi connectivity index (χ1) is 17.7. The molecule has 192 valence electrons. The van der Waals surface area contributed by atoms with E-state index in [2.05, 4.69) is 25.2 Å². The molecular weight excluding hydrogens is 524 g/mol. The largest absolute Gasteiger partial charge is 0.450 e. The summed E-state index contributed by atoms with van der Waals surface area (Å²) < 4.78 is 36.5. The molecule has 13 heteroatoms. The summed E-state index contributed by atoms with van der Waals surface area (Å²) in [7, 11) is 0. The quantitative estimate of drug-likeness (QED) is 0.346. The number of nitrogen functional groups attached to an aromatic ring is 1. The lowest BCUT2D eigenvalue weighted by molar-refractivity contribution is -0.124. The summed E-state index contributed by atoms with van der Waals surface area (Å²) in [5, 5.41) is 4.18. The number of nitrogens with one attached hydrogen (secondary N) is 1. The van der Waals surface area contributed by atoms with Crippen LogP contribution in [0.3, 0.4) is 0 Å². The molecule has 2 aromatic heterocycles. The van der Waals surface area contributed by atoms with Crippen LogP contribution in [0.25, 0.3) is 32.2 Å². The second-order valence-corrected chi connectivity index (χ2v) is 10.7. The summed E-state index contributed by atoms with van der Waals surface area (Å²) in [5.74, 6) is -1.53. The molecule has 2 aliphatic heterocycles. The molecule has 2 bridgehead atoms. The van der Waals surface area contributed by atoms with Crippen LogP contribution < -0.4 is 26.4 Å². The fraction of sp³-hybridized carbons (Fsp3) is 0.333. The van der Waals surface area contributed by atoms with Crippen molar-refractivity contribution in [3.05, 3.63) is 34.9 Å². The number of benzene rings is 2. The van der Waals surface area contributed by atoms with Crippen molar-refractivity contribution >= 4 is 60.9 Å². The van der Waals surface area contributed by atoms with E-state index in [0.717, 1.165) is 24.2 Å². The number of piperazine rings is 1. The second-order valence-electron chi connectivity index (χ2n) is 9.30. The lowest BCUT2D eigenvalue weighted by Crippen LogP contribution is -2.51. The molecule has 0 spiro atoms. The number of carbonyl (C=O) groups is 1. The number of halogens is 3. The number of hydrogen-bond donors (Lipinski definition) is 3. The van der Waals surface area contributed by atoms with Crippen molar-refractivity contribution in [1.82, 2.24) is 20.3 Å². The third kappa shape index (κ3) is 4.09. The highest BCUT2D eigenvalue weighted by molar-refractivity contribution is 7.22. The highest BCUT2D eigenvalue weighted by Crippen LogP contribution is 2.43. The van der Waals surface area contributed by atoms with Crippen LogP contribution in [0.5, 0.6) is 6.01 Å². The maximum absolute atomic E-state index is 16.3. The van der Waals surface area contributed by atoms with Gasteiger partial charge < -0.3 is 26.4 Å². The van der Waals surface area contributed by atoms with E-state index in [1.54, 1.807) is 6.07 Å². The SMILES string of the molecule is C[C@H](Oc1nc(N2CC3CCC(C2)N3)c2cc(Cl)c(-c3ccc(F)c4sc(N)nc34)c(F)c2n1)C(N)=O. The molecule has 9 nitrogen and oxygen atoms in total. The fourth-order valence-corrected chi connectivity index (χ4v) is 6.14. The molecule has 37 heavy (non-hydrogen) atoms. The van der Waals surface area contributed by atoms with Crippen LogP contribution in [-0.4, -0.2) is 52.1 Å². The summed E-state index contributed by atoms with van der Waals surface area (Å²) in [5.41, 5.74) is 11.6. The average molecular weight is 546 g/mol. The molecule has 2 saturated heterocycles. The number of fused-ring (bicyclic) bond motifs is 4. The number of nitrogens with zero attached hydrogens (tertiary/aromatic N) is 4. The van der Waals surface area contributed by atoms with Crippen molar-refractivity contribution in [3.8, 4) is 17.1 Å². The van der Waals surface area contributed by atoms with Gasteiger partial charge >= 0.3 is 6.01 Å². The topological polar surface area (TPSA) is 132 Å². The molecule has 2 fully saturated rings. The van der Waals surface area contributed by atoms with E-state index in [1.165, 1.54) is 19.1 Å². The van der Waals surface area contributed by atoms with Crippen molar-refractivity contribution in [2.75, 3.05) is 23.7 Å². The molecule has 4 heterocycles. The Morgan fingerprint density at radius 3 is 2.65 bits per heavy atom. The first kappa shape index (κ1) is 24.0. The molecule has 2 aromatic carbocycles. The molecule has 3 atom stereocenters. The minimum atomic E-state index is -1.03. The monoisotopic (exact) mass is 545 g/mol. The van der Waals surface area contributed by atoms with Gasteiger partial charge in [0, 0.05) is 41.7 Å². The zero-order valence-corrected chi connectivity index (χ0v) is 21.2. The maximum Gasteiger partial charge on any atom is 0.319 e. The van der Waals surface area contributed by atoms with Crippen molar-refractivity contribution in [2.45, 2.75) is 38.0 Å². The van der Waals surface area contributed by atoms with Gasteiger partial charge in [-0.05, 0) is 38.0 Å². The third-order valence-electron chi connectivity index (χ3n) is 6.82. The highest BCUT2D eigenvalue weighted by Gasteiger charge is 2.34. The fourth-order valence-electron chi connectivity index (χ4n) is 5.08. The van der Waals surface area contributed by atoms with Gasteiger partial charge in [0.25, 0.3) is 5.91 Å². The molecule has 2 aliphatic rings. The summed E-state index contributed by atoms with van der Waals surface area (Å²) in [6, 6.07) is 4.60. The Morgan fingerprint density at radius 2 is 1.95 bits per heavy atom. The number of primary amides is 1. The number of anilines is 2. The lowest BCUT2D eigenvalue weighted by atomic mass is 10.0. The molecule has 1 amide bonds. The first-order valence-corrected chi connectivity index (χ1v) is 12.9. The van der Waals surface area contributed by atoms with Gasteiger partial charge in [-0.1, -0.05) is 22.9 Å². The van der Waals surface area contributed by atoms with Crippen molar-refractivity contribution < 1.29 is 18.3 Å². The summed E-state index contributed by atoms with van der Waals surface area (Å²) in [4.78, 5) is 26.8. The van der Waals surface area contributed by atoms with Crippen LogP contribution in [0, 0.1) is 11.6 Å². The van der Waals surface area contributed by atoms with Crippen molar-refractivity contribution in [3.63, 3.8) is 0 Å². The van der Waals surface area contributed by atoms with Crippen LogP contribution >= 0.6 is 22.9 Å². The van der Waals surface area contributed by atoms with E-state index in [4.69, 9.17) is 27.8 Å². The second kappa shape index (κ2) is 8.89. The third-order valence-corrected chi connectivity index (χ3v) is 8.01. The van der Waals surface area contributed by atoms with Gasteiger partial charge in [-0.25, -0.2) is 13.8 Å². The number of carbonyl (C=O) groups excluding carboxylic acids is 1. The maximum atomic E-state index is 16.3. The van der Waals surface area contributed by atoms with E-state index < -0.39 is 23.6 Å². The van der Waals surface area contributed by atoms with E-state index in [1.807, 2.05) is 0 Å². The zero-order valence-electron chi connectivity index (χ0n) is 19.6. The number of ether oxygens (including phenoxy) is 1. The predicted molar refractivity (Wildman–Crippen MR) is 139 cm³/mol. The number of rotatable bonds is 5. The minimum Gasteiger partial charge on any atom is -0.450 e. The number of hydrogen-bond acceptors (Lipinski definition) is 9. The van der Waals surface area contributed by atoms with Crippen LogP contribution in [0.15, 0.2) is 18.2 Å². The average Bonchev–Trinajstić information content (AvgIpc) is 3.41. The molecule has 2 unspecified atom stereocenters. The Bertz CT molecular complexity index is 1570. The summed E-state index contributed by atoms with van der Waals surface area (Å²) in [6.07, 6.45) is 1.03. The molecule has 0 radical (unpaired) electrons. The molecule has 6 rings (SSSR count). The normalized spacial score (nSPS) is 20.1. The van der Waals surface area contributed by atoms with Crippen LogP contribution in [-0.2, 0) is 4.79 Å². The molecule has 4 aromatic rings. The molecular formula is C24H22ClF2N7O2S. The number of aromatic nitrogens is 3. The number of thiazole rings is 1. The number of nitrogens with two attached hydrogens (primary N) is 2.